The minimum Gasteiger partial charge on any atom is -0.497 e. The van der Waals surface area contributed by atoms with Gasteiger partial charge in [0, 0.05) is 24.4 Å². The highest BCUT2D eigenvalue weighted by molar-refractivity contribution is 6.30. The molecule has 3 rings (SSSR count). The molecule has 0 spiro atoms. The van der Waals surface area contributed by atoms with Crippen LogP contribution in [0.3, 0.4) is 0 Å². The highest BCUT2D eigenvalue weighted by Crippen LogP contribution is 2.17. The molecule has 148 valence electrons. The maximum atomic E-state index is 13.1. The van der Waals surface area contributed by atoms with Crippen LogP contribution in [0.2, 0.25) is 5.02 Å². The van der Waals surface area contributed by atoms with Crippen LogP contribution < -0.4 is 15.6 Å². The summed E-state index contributed by atoms with van der Waals surface area (Å²) in [6.45, 7) is 0.191. The highest BCUT2D eigenvalue weighted by atomic mass is 35.5. The normalized spacial score (nSPS) is 11.5. The molecule has 0 saturated carbocycles. The summed E-state index contributed by atoms with van der Waals surface area (Å²) in [4.78, 5) is 38.4. The molecule has 0 fully saturated rings. The van der Waals surface area contributed by atoms with Crippen molar-refractivity contribution in [3.63, 3.8) is 0 Å². The van der Waals surface area contributed by atoms with Gasteiger partial charge >= 0.3 is 0 Å². The van der Waals surface area contributed by atoms with Gasteiger partial charge in [-0.2, -0.15) is 0 Å². The molecular formula is C22H19ClN2O4. The number of ketones is 1. The number of hydrogen-bond donors (Lipinski definition) is 1. The Labute approximate surface area is 172 Å². The molecule has 0 bridgehead atoms. The van der Waals surface area contributed by atoms with E-state index >= 15 is 0 Å². The van der Waals surface area contributed by atoms with Gasteiger partial charge in [0.2, 0.25) is 0 Å². The van der Waals surface area contributed by atoms with Crippen LogP contribution >= 0.6 is 11.6 Å². The Morgan fingerprint density at radius 1 is 1.03 bits per heavy atom. The van der Waals surface area contributed by atoms with Crippen molar-refractivity contribution < 1.29 is 14.3 Å². The summed E-state index contributed by atoms with van der Waals surface area (Å²) in [7, 11) is 1.57. The zero-order valence-electron chi connectivity index (χ0n) is 15.7. The molecule has 0 aliphatic rings. The van der Waals surface area contributed by atoms with Crippen LogP contribution in [0.5, 0.6) is 5.75 Å². The van der Waals surface area contributed by atoms with Crippen LogP contribution in [-0.2, 0) is 11.3 Å². The van der Waals surface area contributed by atoms with Gasteiger partial charge in [-0.1, -0.05) is 54.1 Å². The summed E-state index contributed by atoms with van der Waals surface area (Å²) < 4.78 is 6.17. The molecular weight excluding hydrogens is 392 g/mol. The van der Waals surface area contributed by atoms with Crippen LogP contribution in [0.25, 0.3) is 0 Å². The number of ether oxygens (including phenoxy) is 1. The Hall–Kier alpha value is -3.38. The zero-order valence-corrected chi connectivity index (χ0v) is 16.4. The molecule has 2 aromatic carbocycles. The third kappa shape index (κ3) is 4.92. The van der Waals surface area contributed by atoms with E-state index in [1.807, 2.05) is 0 Å². The lowest BCUT2D eigenvalue weighted by atomic mass is 10.0. The largest absolute Gasteiger partial charge is 0.497 e. The Kier molecular flexibility index (Phi) is 6.46. The lowest BCUT2D eigenvalue weighted by Crippen LogP contribution is -2.41. The summed E-state index contributed by atoms with van der Waals surface area (Å²) >= 11 is 6.00. The number of rotatable bonds is 7. The van der Waals surface area contributed by atoms with Crippen molar-refractivity contribution in [2.45, 2.75) is 12.6 Å². The van der Waals surface area contributed by atoms with Gasteiger partial charge in [0.05, 0.1) is 12.1 Å². The van der Waals surface area contributed by atoms with Gasteiger partial charge in [-0.15, -0.1) is 0 Å². The van der Waals surface area contributed by atoms with Crippen molar-refractivity contribution in [1.29, 1.82) is 0 Å². The molecule has 6 nitrogen and oxygen atoms in total. The van der Waals surface area contributed by atoms with E-state index in [1.54, 1.807) is 61.7 Å². The number of Topliss-reactive ketones (excluding diaryl/α,β-unsaturated/α-hetero) is 1. The van der Waals surface area contributed by atoms with Crippen molar-refractivity contribution in [2.24, 2.45) is 0 Å². The van der Waals surface area contributed by atoms with Crippen LogP contribution in [-0.4, -0.2) is 23.4 Å². The highest BCUT2D eigenvalue weighted by Gasteiger charge is 2.30. The molecule has 1 N–H and O–H groups in total. The smallest absolute Gasteiger partial charge is 0.251 e. The van der Waals surface area contributed by atoms with Crippen LogP contribution in [0.4, 0.5) is 0 Å². The number of carbonyl (C=O) groups is 2. The van der Waals surface area contributed by atoms with E-state index in [-0.39, 0.29) is 11.6 Å². The predicted molar refractivity (Wildman–Crippen MR) is 110 cm³/mol. The molecule has 1 heterocycles. The molecule has 0 aliphatic carbocycles. The number of nitrogens with zero attached hydrogens (tertiary/aromatic N) is 1. The van der Waals surface area contributed by atoms with Crippen LogP contribution in [0, 0.1) is 0 Å². The van der Waals surface area contributed by atoms with Gasteiger partial charge in [0.25, 0.3) is 11.5 Å². The molecule has 0 aliphatic heterocycles. The fraction of sp³-hybridized carbons (Fsp3) is 0.136. The molecule has 1 aromatic heterocycles. The second-order valence-electron chi connectivity index (χ2n) is 6.29. The Morgan fingerprint density at radius 2 is 1.72 bits per heavy atom. The van der Waals surface area contributed by atoms with Gasteiger partial charge in [-0.25, -0.2) is 0 Å². The summed E-state index contributed by atoms with van der Waals surface area (Å²) in [6.07, 6.45) is 1.29. The van der Waals surface area contributed by atoms with Crippen LogP contribution in [0.15, 0.2) is 77.7 Å². The number of aromatic nitrogens is 1. The van der Waals surface area contributed by atoms with E-state index in [1.165, 1.54) is 18.3 Å². The molecule has 0 saturated heterocycles. The lowest BCUT2D eigenvalue weighted by Gasteiger charge is -2.19. The van der Waals surface area contributed by atoms with Gasteiger partial charge in [0.1, 0.15) is 5.75 Å². The summed E-state index contributed by atoms with van der Waals surface area (Å²) in [5, 5.41) is 2.98. The SMILES string of the molecule is COc1ccc(CNC(=O)C(C(=O)c2ccccc2)n2cc(Cl)ccc2=O)cc1. The Balaban J connectivity index is 1.89. The van der Waals surface area contributed by atoms with E-state index in [0.717, 1.165) is 10.1 Å². The first-order valence-corrected chi connectivity index (χ1v) is 9.25. The minimum absolute atomic E-state index is 0.191. The predicted octanol–water partition coefficient (Wildman–Crippen LogP) is 3.25. The number of carbonyl (C=O) groups excluding carboxylic acids is 2. The van der Waals surface area contributed by atoms with Crippen molar-refractivity contribution in [3.05, 3.63) is 99.4 Å². The minimum atomic E-state index is -1.37. The van der Waals surface area contributed by atoms with E-state index in [4.69, 9.17) is 16.3 Å². The second-order valence-corrected chi connectivity index (χ2v) is 6.73. The molecule has 1 atom stereocenters. The molecule has 1 unspecified atom stereocenters. The quantitative estimate of drug-likeness (QED) is 0.479. The zero-order chi connectivity index (χ0) is 20.8. The summed E-state index contributed by atoms with van der Waals surface area (Å²) in [6, 6.07) is 16.8. The van der Waals surface area contributed by atoms with Crippen LogP contribution in [0.1, 0.15) is 22.0 Å². The standard InChI is InChI=1S/C22H19ClN2O4/c1-29-18-10-7-15(8-11-18)13-24-22(28)20(21(27)16-5-3-2-4-6-16)25-14-17(23)9-12-19(25)26/h2-12,14,20H,13H2,1H3,(H,24,28). The fourth-order valence-corrected chi connectivity index (χ4v) is 3.01. The number of amides is 1. The van der Waals surface area contributed by atoms with Gasteiger partial charge in [-0.3, -0.25) is 19.0 Å². The molecule has 1 amide bonds. The maximum Gasteiger partial charge on any atom is 0.251 e. The first-order valence-electron chi connectivity index (χ1n) is 8.87. The number of hydrogen-bond acceptors (Lipinski definition) is 4. The van der Waals surface area contributed by atoms with Crippen molar-refractivity contribution in [1.82, 2.24) is 9.88 Å². The number of methoxy groups -OCH3 is 1. The van der Waals surface area contributed by atoms with Crippen molar-refractivity contribution in [2.75, 3.05) is 7.11 Å². The lowest BCUT2D eigenvalue weighted by molar-refractivity contribution is -0.123. The topological polar surface area (TPSA) is 77.4 Å². The number of pyridine rings is 1. The summed E-state index contributed by atoms with van der Waals surface area (Å²) in [5.74, 6) is -0.399. The average molecular weight is 411 g/mol. The number of benzene rings is 2. The fourth-order valence-electron chi connectivity index (χ4n) is 2.84. The third-order valence-corrected chi connectivity index (χ3v) is 4.58. The van der Waals surface area contributed by atoms with Gasteiger partial charge in [0.15, 0.2) is 11.8 Å². The Bertz CT molecular complexity index is 1060. The van der Waals surface area contributed by atoms with Crippen molar-refractivity contribution in [3.8, 4) is 5.75 Å². The monoisotopic (exact) mass is 410 g/mol. The van der Waals surface area contributed by atoms with E-state index < -0.39 is 23.3 Å². The van der Waals surface area contributed by atoms with E-state index in [0.29, 0.717) is 11.3 Å². The van der Waals surface area contributed by atoms with Crippen molar-refractivity contribution >= 4 is 23.3 Å². The Morgan fingerprint density at radius 3 is 2.38 bits per heavy atom. The molecule has 0 radical (unpaired) electrons. The first-order chi connectivity index (χ1) is 14.0. The molecule has 3 aromatic rings. The van der Waals surface area contributed by atoms with E-state index in [2.05, 4.69) is 5.32 Å². The molecule has 7 heteroatoms. The molecule has 29 heavy (non-hydrogen) atoms. The number of halogens is 1. The van der Waals surface area contributed by atoms with Gasteiger partial charge in [-0.05, 0) is 23.8 Å². The van der Waals surface area contributed by atoms with E-state index in [9.17, 15) is 14.4 Å². The second kappa shape index (κ2) is 9.21. The van der Waals surface area contributed by atoms with Gasteiger partial charge < -0.3 is 10.1 Å². The average Bonchev–Trinajstić information content (AvgIpc) is 2.75. The maximum absolute atomic E-state index is 13.1. The summed E-state index contributed by atoms with van der Waals surface area (Å²) in [5.41, 5.74) is 0.649. The third-order valence-electron chi connectivity index (χ3n) is 4.36. The first kappa shape index (κ1) is 20.4. The number of nitrogens with one attached hydrogen (secondary N) is 1.